The lowest BCUT2D eigenvalue weighted by molar-refractivity contribution is 0.410. The molecule has 1 fully saturated rings. The van der Waals surface area contributed by atoms with Gasteiger partial charge in [0.25, 0.3) is 0 Å². The summed E-state index contributed by atoms with van der Waals surface area (Å²) in [5.74, 6) is 0. The number of rotatable bonds is 3. The molecule has 0 spiro atoms. The molecule has 3 nitrogen and oxygen atoms in total. The molecule has 3 N–H and O–H groups in total. The molecule has 0 saturated carbocycles. The van der Waals surface area contributed by atoms with Crippen LogP contribution in [0, 0.1) is 0 Å². The Balaban J connectivity index is 2.13. The number of hydrogen-bond donors (Lipinski definition) is 3. The van der Waals surface area contributed by atoms with Crippen molar-refractivity contribution in [3.05, 3.63) is 0 Å². The topological polar surface area (TPSA) is 46.0 Å². The normalized spacial score (nSPS) is 30.5. The van der Waals surface area contributed by atoms with Crippen molar-refractivity contribution in [1.29, 1.82) is 0 Å². The van der Waals surface area contributed by atoms with E-state index in [1.54, 1.807) is 0 Å². The van der Waals surface area contributed by atoms with Crippen molar-refractivity contribution in [2.45, 2.75) is 45.6 Å². The third-order valence-corrected chi connectivity index (χ3v) is 1.60. The first-order chi connectivity index (χ1) is 5.03. The van der Waals surface area contributed by atoms with Gasteiger partial charge in [0.2, 0.25) is 0 Å². The van der Waals surface area contributed by atoms with E-state index >= 15 is 0 Å². The predicted octanol–water partition coefficient (Wildman–Crippen LogP) is 0.239. The summed E-state index contributed by atoms with van der Waals surface area (Å²) in [5.41, 5.74) is 0.210. The molecule has 3 heteroatoms. The highest BCUT2D eigenvalue weighted by atomic mass is 15.4. The number of nitrogens with one attached hydrogen (secondary N) is 3. The Morgan fingerprint density at radius 2 is 1.91 bits per heavy atom. The summed E-state index contributed by atoms with van der Waals surface area (Å²) in [4.78, 5) is 0. The highest BCUT2D eigenvalue weighted by Gasteiger charge is 2.37. The molecule has 1 aliphatic heterocycles. The Labute approximate surface area is 68.9 Å². The smallest absolute Gasteiger partial charge is 0.0883 e. The second kappa shape index (κ2) is 3.09. The van der Waals surface area contributed by atoms with Gasteiger partial charge in [-0.3, -0.25) is 16.0 Å². The standard InChI is InChI=1S/C8H19N3/c1-5-9-6-7(10-6)11-8(2,3)4/h6-7,9-11H,5H2,1-4H3. The Kier molecular flexibility index (Phi) is 2.52. The maximum absolute atomic E-state index is 3.45. The molecule has 2 atom stereocenters. The Hall–Kier alpha value is -0.120. The summed E-state index contributed by atoms with van der Waals surface area (Å²) in [6.45, 7) is 9.68. The van der Waals surface area contributed by atoms with E-state index in [9.17, 15) is 0 Å². The van der Waals surface area contributed by atoms with Crippen molar-refractivity contribution in [1.82, 2.24) is 16.0 Å². The average Bonchev–Trinajstić information content (AvgIpc) is 2.44. The lowest BCUT2D eigenvalue weighted by Gasteiger charge is -2.19. The zero-order valence-electron chi connectivity index (χ0n) is 7.86. The van der Waals surface area contributed by atoms with E-state index in [-0.39, 0.29) is 5.54 Å². The third kappa shape index (κ3) is 3.18. The van der Waals surface area contributed by atoms with Crippen molar-refractivity contribution in [3.8, 4) is 0 Å². The average molecular weight is 157 g/mol. The SMILES string of the molecule is CCNC1NC1NC(C)(C)C. The Morgan fingerprint density at radius 1 is 1.27 bits per heavy atom. The van der Waals surface area contributed by atoms with Crippen LogP contribution < -0.4 is 16.0 Å². The largest absolute Gasteiger partial charge is 0.300 e. The molecule has 2 unspecified atom stereocenters. The first kappa shape index (κ1) is 8.97. The van der Waals surface area contributed by atoms with Crippen LogP contribution in [0.3, 0.4) is 0 Å². The van der Waals surface area contributed by atoms with E-state index in [1.807, 2.05) is 0 Å². The fourth-order valence-electron chi connectivity index (χ4n) is 1.13. The minimum Gasteiger partial charge on any atom is -0.300 e. The quantitative estimate of drug-likeness (QED) is 0.514. The summed E-state index contributed by atoms with van der Waals surface area (Å²) in [7, 11) is 0. The van der Waals surface area contributed by atoms with E-state index in [0.29, 0.717) is 12.3 Å². The highest BCUT2D eigenvalue weighted by molar-refractivity contribution is 4.96. The van der Waals surface area contributed by atoms with Gasteiger partial charge in [-0.1, -0.05) is 6.92 Å². The molecule has 0 amide bonds. The van der Waals surface area contributed by atoms with E-state index in [2.05, 4.69) is 43.6 Å². The lowest BCUT2D eigenvalue weighted by atomic mass is 10.1. The fourth-order valence-corrected chi connectivity index (χ4v) is 1.13. The van der Waals surface area contributed by atoms with E-state index in [4.69, 9.17) is 0 Å². The van der Waals surface area contributed by atoms with Crippen LogP contribution in [0.5, 0.6) is 0 Å². The van der Waals surface area contributed by atoms with Gasteiger partial charge in [-0.25, -0.2) is 0 Å². The summed E-state index contributed by atoms with van der Waals surface area (Å²) < 4.78 is 0. The van der Waals surface area contributed by atoms with Crippen molar-refractivity contribution in [2.24, 2.45) is 0 Å². The fraction of sp³-hybridized carbons (Fsp3) is 1.00. The molecule has 0 aliphatic carbocycles. The summed E-state index contributed by atoms with van der Waals surface area (Å²) in [6, 6.07) is 0. The van der Waals surface area contributed by atoms with Crippen LogP contribution in [0.25, 0.3) is 0 Å². The zero-order valence-corrected chi connectivity index (χ0v) is 7.86. The van der Waals surface area contributed by atoms with Gasteiger partial charge in [-0.05, 0) is 27.3 Å². The summed E-state index contributed by atoms with van der Waals surface area (Å²) in [6.07, 6.45) is 0.953. The van der Waals surface area contributed by atoms with Crippen LogP contribution in [0.2, 0.25) is 0 Å². The van der Waals surface area contributed by atoms with Gasteiger partial charge in [0.1, 0.15) is 0 Å². The van der Waals surface area contributed by atoms with Gasteiger partial charge in [0.05, 0.1) is 12.3 Å². The second-order valence-corrected chi connectivity index (χ2v) is 4.07. The molecule has 1 aliphatic rings. The maximum Gasteiger partial charge on any atom is 0.0883 e. The predicted molar refractivity (Wildman–Crippen MR) is 47.3 cm³/mol. The minimum absolute atomic E-state index is 0.210. The van der Waals surface area contributed by atoms with Gasteiger partial charge in [0.15, 0.2) is 0 Å². The molecule has 1 saturated heterocycles. The third-order valence-electron chi connectivity index (χ3n) is 1.60. The summed E-state index contributed by atoms with van der Waals surface area (Å²) in [5, 5.41) is 10.1. The van der Waals surface area contributed by atoms with Gasteiger partial charge < -0.3 is 0 Å². The number of hydrogen-bond acceptors (Lipinski definition) is 3. The Morgan fingerprint density at radius 3 is 2.36 bits per heavy atom. The minimum atomic E-state index is 0.210. The van der Waals surface area contributed by atoms with Crippen molar-refractivity contribution < 1.29 is 0 Å². The van der Waals surface area contributed by atoms with Crippen LogP contribution in [0.15, 0.2) is 0 Å². The first-order valence-electron chi connectivity index (χ1n) is 4.30. The highest BCUT2D eigenvalue weighted by Crippen LogP contribution is 2.09. The van der Waals surface area contributed by atoms with Crippen LogP contribution in [-0.2, 0) is 0 Å². The zero-order chi connectivity index (χ0) is 8.48. The van der Waals surface area contributed by atoms with Crippen molar-refractivity contribution in [2.75, 3.05) is 6.54 Å². The van der Waals surface area contributed by atoms with Crippen LogP contribution in [0.4, 0.5) is 0 Å². The molecule has 1 heterocycles. The van der Waals surface area contributed by atoms with Crippen LogP contribution >= 0.6 is 0 Å². The van der Waals surface area contributed by atoms with E-state index < -0.39 is 0 Å². The molecular weight excluding hydrogens is 138 g/mol. The molecule has 11 heavy (non-hydrogen) atoms. The molecule has 0 bridgehead atoms. The van der Waals surface area contributed by atoms with Crippen molar-refractivity contribution in [3.63, 3.8) is 0 Å². The van der Waals surface area contributed by atoms with Gasteiger partial charge in [-0.2, -0.15) is 0 Å². The molecule has 0 radical (unpaired) electrons. The van der Waals surface area contributed by atoms with Crippen molar-refractivity contribution >= 4 is 0 Å². The monoisotopic (exact) mass is 157 g/mol. The van der Waals surface area contributed by atoms with Gasteiger partial charge >= 0.3 is 0 Å². The van der Waals surface area contributed by atoms with Gasteiger partial charge in [-0.15, -0.1) is 0 Å². The first-order valence-corrected chi connectivity index (χ1v) is 4.30. The molecule has 1 rings (SSSR count). The molecule has 0 aromatic rings. The summed E-state index contributed by atoms with van der Waals surface area (Å²) >= 11 is 0. The molecule has 66 valence electrons. The van der Waals surface area contributed by atoms with Gasteiger partial charge in [0, 0.05) is 5.54 Å². The van der Waals surface area contributed by atoms with Crippen LogP contribution in [0.1, 0.15) is 27.7 Å². The van der Waals surface area contributed by atoms with E-state index in [0.717, 1.165) is 6.54 Å². The van der Waals surface area contributed by atoms with E-state index in [1.165, 1.54) is 0 Å². The molecule has 0 aromatic heterocycles. The maximum atomic E-state index is 3.45. The second-order valence-electron chi connectivity index (χ2n) is 4.07. The van der Waals surface area contributed by atoms with Crippen LogP contribution in [-0.4, -0.2) is 24.4 Å². The molecule has 0 aromatic carbocycles. The molecular formula is C8H19N3. The Bertz CT molecular complexity index is 128. The lowest BCUT2D eigenvalue weighted by Crippen LogP contribution is -2.41. The number of likely N-dealkylation sites (N-methyl/N-ethyl adjacent to an activating group) is 1.